The molecular weight excluding hydrogens is 379 g/mol. The number of amides is 1. The molecule has 0 radical (unpaired) electrons. The summed E-state index contributed by atoms with van der Waals surface area (Å²) in [6.07, 6.45) is 0. The molecule has 3 rings (SSSR count). The first-order chi connectivity index (χ1) is 13.6. The summed E-state index contributed by atoms with van der Waals surface area (Å²) in [7, 11) is 3.26. The molecule has 2 aromatic carbocycles. The first kappa shape index (κ1) is 20.5. The number of halogens is 1. The van der Waals surface area contributed by atoms with E-state index in [0.29, 0.717) is 5.75 Å². The highest BCUT2D eigenvalue weighted by Crippen LogP contribution is 2.28. The van der Waals surface area contributed by atoms with Crippen molar-refractivity contribution < 1.29 is 18.7 Å². The lowest BCUT2D eigenvalue weighted by atomic mass is 10.1. The second-order valence-electron chi connectivity index (χ2n) is 6.59. The van der Waals surface area contributed by atoms with Crippen LogP contribution < -0.4 is 9.47 Å². The van der Waals surface area contributed by atoms with E-state index >= 15 is 0 Å². The second-order valence-corrected chi connectivity index (χ2v) is 7.64. The zero-order valence-electron chi connectivity index (χ0n) is 16.2. The van der Waals surface area contributed by atoms with Crippen molar-refractivity contribution in [1.82, 2.24) is 9.80 Å². The molecule has 7 heteroatoms. The SMILES string of the molecule is COc1ccc(CN2CCN(C(=O)CSc3ccc(F)cc3)CC2)cc1OC. The maximum atomic E-state index is 12.9. The standard InChI is InChI=1S/C21H25FN2O3S/c1-26-19-8-3-16(13-20(19)27-2)14-23-9-11-24(12-10-23)21(25)15-28-18-6-4-17(22)5-7-18/h3-8,13H,9-12,14-15H2,1-2H3. The molecule has 0 bridgehead atoms. The largest absolute Gasteiger partial charge is 0.493 e. The van der Waals surface area contributed by atoms with Gasteiger partial charge in [-0.05, 0) is 42.0 Å². The molecule has 1 saturated heterocycles. The summed E-state index contributed by atoms with van der Waals surface area (Å²) >= 11 is 1.44. The van der Waals surface area contributed by atoms with Crippen molar-refractivity contribution in [3.63, 3.8) is 0 Å². The Hall–Kier alpha value is -2.25. The quantitative estimate of drug-likeness (QED) is 0.663. The molecule has 0 unspecified atom stereocenters. The summed E-state index contributed by atoms with van der Waals surface area (Å²) in [5.41, 5.74) is 1.16. The monoisotopic (exact) mass is 404 g/mol. The molecule has 1 aliphatic heterocycles. The van der Waals surface area contributed by atoms with Gasteiger partial charge in [0.05, 0.1) is 20.0 Å². The smallest absolute Gasteiger partial charge is 0.233 e. The number of piperazine rings is 1. The van der Waals surface area contributed by atoms with E-state index in [1.807, 2.05) is 23.1 Å². The number of methoxy groups -OCH3 is 2. The normalized spacial score (nSPS) is 14.8. The van der Waals surface area contributed by atoms with Crippen LogP contribution >= 0.6 is 11.8 Å². The van der Waals surface area contributed by atoms with E-state index in [2.05, 4.69) is 4.90 Å². The van der Waals surface area contributed by atoms with Crippen LogP contribution in [0.15, 0.2) is 47.4 Å². The van der Waals surface area contributed by atoms with Gasteiger partial charge in [-0.1, -0.05) is 6.07 Å². The number of carbonyl (C=O) groups is 1. The number of rotatable bonds is 7. The fourth-order valence-corrected chi connectivity index (χ4v) is 3.96. The molecule has 0 atom stereocenters. The lowest BCUT2D eigenvalue weighted by Gasteiger charge is -2.34. The molecule has 1 heterocycles. The van der Waals surface area contributed by atoms with Crippen molar-refractivity contribution in [3.8, 4) is 11.5 Å². The molecule has 0 N–H and O–H groups in total. The van der Waals surface area contributed by atoms with Gasteiger partial charge in [-0.2, -0.15) is 0 Å². The molecule has 0 aromatic heterocycles. The van der Waals surface area contributed by atoms with Crippen molar-refractivity contribution in [2.75, 3.05) is 46.2 Å². The van der Waals surface area contributed by atoms with Gasteiger partial charge >= 0.3 is 0 Å². The van der Waals surface area contributed by atoms with Crippen LogP contribution in [0, 0.1) is 5.82 Å². The van der Waals surface area contributed by atoms with Crippen LogP contribution in [0.3, 0.4) is 0 Å². The van der Waals surface area contributed by atoms with Gasteiger partial charge in [0.1, 0.15) is 5.82 Å². The van der Waals surface area contributed by atoms with Crippen LogP contribution in [0.2, 0.25) is 0 Å². The van der Waals surface area contributed by atoms with E-state index in [0.717, 1.165) is 54.7 Å². The van der Waals surface area contributed by atoms with Crippen LogP contribution in [0.1, 0.15) is 5.56 Å². The van der Waals surface area contributed by atoms with Crippen LogP contribution in [0.25, 0.3) is 0 Å². The highest BCUT2D eigenvalue weighted by molar-refractivity contribution is 8.00. The third-order valence-electron chi connectivity index (χ3n) is 4.76. The Kier molecular flexibility index (Phi) is 7.17. The molecule has 28 heavy (non-hydrogen) atoms. The Morgan fingerprint density at radius 2 is 1.68 bits per heavy atom. The Morgan fingerprint density at radius 3 is 2.32 bits per heavy atom. The maximum absolute atomic E-state index is 12.9. The summed E-state index contributed by atoms with van der Waals surface area (Å²) < 4.78 is 23.6. The topological polar surface area (TPSA) is 42.0 Å². The summed E-state index contributed by atoms with van der Waals surface area (Å²) in [4.78, 5) is 17.6. The van der Waals surface area contributed by atoms with Crippen LogP contribution in [-0.2, 0) is 11.3 Å². The van der Waals surface area contributed by atoms with Crippen LogP contribution in [0.5, 0.6) is 11.5 Å². The summed E-state index contributed by atoms with van der Waals surface area (Å²) in [6, 6.07) is 12.2. The van der Waals surface area contributed by atoms with Crippen molar-refractivity contribution in [3.05, 3.63) is 53.8 Å². The third-order valence-corrected chi connectivity index (χ3v) is 5.75. The van der Waals surface area contributed by atoms with Gasteiger partial charge < -0.3 is 14.4 Å². The van der Waals surface area contributed by atoms with Crippen molar-refractivity contribution >= 4 is 17.7 Å². The molecule has 0 spiro atoms. The van der Waals surface area contributed by atoms with Gasteiger partial charge in [0.25, 0.3) is 0 Å². The molecular formula is C21H25FN2O3S. The zero-order chi connectivity index (χ0) is 19.9. The number of ether oxygens (including phenoxy) is 2. The lowest BCUT2D eigenvalue weighted by molar-refractivity contribution is -0.130. The van der Waals surface area contributed by atoms with Gasteiger partial charge in [0.15, 0.2) is 11.5 Å². The molecule has 150 valence electrons. The minimum atomic E-state index is -0.263. The Bertz CT molecular complexity index is 793. The van der Waals surface area contributed by atoms with Gasteiger partial charge in [-0.25, -0.2) is 4.39 Å². The van der Waals surface area contributed by atoms with E-state index < -0.39 is 0 Å². The summed E-state index contributed by atoms with van der Waals surface area (Å²) in [5.74, 6) is 1.69. The minimum absolute atomic E-state index is 0.125. The Labute approximate surface area is 169 Å². The van der Waals surface area contributed by atoms with Crippen molar-refractivity contribution in [2.45, 2.75) is 11.4 Å². The van der Waals surface area contributed by atoms with Crippen molar-refractivity contribution in [1.29, 1.82) is 0 Å². The lowest BCUT2D eigenvalue weighted by Crippen LogP contribution is -2.48. The van der Waals surface area contributed by atoms with E-state index in [-0.39, 0.29) is 11.7 Å². The number of nitrogens with zero attached hydrogens (tertiary/aromatic N) is 2. The number of hydrogen-bond donors (Lipinski definition) is 0. The van der Waals surface area contributed by atoms with E-state index in [1.54, 1.807) is 26.4 Å². The molecule has 0 saturated carbocycles. The van der Waals surface area contributed by atoms with Gasteiger partial charge in [-0.3, -0.25) is 9.69 Å². The fraction of sp³-hybridized carbons (Fsp3) is 0.381. The number of hydrogen-bond acceptors (Lipinski definition) is 5. The molecule has 5 nitrogen and oxygen atoms in total. The fourth-order valence-electron chi connectivity index (χ4n) is 3.16. The van der Waals surface area contributed by atoms with E-state index in [4.69, 9.17) is 9.47 Å². The first-order valence-corrected chi connectivity index (χ1v) is 10.2. The van der Waals surface area contributed by atoms with Gasteiger partial charge in [0, 0.05) is 37.6 Å². The van der Waals surface area contributed by atoms with Crippen molar-refractivity contribution in [2.24, 2.45) is 0 Å². The van der Waals surface area contributed by atoms with Gasteiger partial charge in [0.2, 0.25) is 5.91 Å². The average molecular weight is 405 g/mol. The van der Waals surface area contributed by atoms with E-state index in [1.165, 1.54) is 23.9 Å². The average Bonchev–Trinajstić information content (AvgIpc) is 2.73. The van der Waals surface area contributed by atoms with Crippen LogP contribution in [-0.4, -0.2) is 61.9 Å². The van der Waals surface area contributed by atoms with Crippen LogP contribution in [0.4, 0.5) is 4.39 Å². The van der Waals surface area contributed by atoms with Gasteiger partial charge in [-0.15, -0.1) is 11.8 Å². The molecule has 1 amide bonds. The number of benzene rings is 2. The van der Waals surface area contributed by atoms with E-state index in [9.17, 15) is 9.18 Å². The molecule has 0 aliphatic carbocycles. The molecule has 1 aliphatic rings. The maximum Gasteiger partial charge on any atom is 0.233 e. The molecule has 1 fully saturated rings. The second kappa shape index (κ2) is 9.80. The minimum Gasteiger partial charge on any atom is -0.493 e. The Morgan fingerprint density at radius 1 is 1.00 bits per heavy atom. The summed E-state index contributed by atoms with van der Waals surface area (Å²) in [5, 5.41) is 0. The zero-order valence-corrected chi connectivity index (χ0v) is 17.0. The highest BCUT2D eigenvalue weighted by Gasteiger charge is 2.21. The number of thioether (sulfide) groups is 1. The predicted octanol–water partition coefficient (Wildman–Crippen LogP) is 3.28. The Balaban J connectivity index is 1.46. The highest BCUT2D eigenvalue weighted by atomic mass is 32.2. The number of carbonyl (C=O) groups excluding carboxylic acids is 1. The molecule has 2 aromatic rings. The first-order valence-electron chi connectivity index (χ1n) is 9.18. The predicted molar refractivity (Wildman–Crippen MR) is 109 cm³/mol. The third kappa shape index (κ3) is 5.39. The summed E-state index contributed by atoms with van der Waals surface area (Å²) in [6.45, 7) is 3.92.